The second-order valence-electron chi connectivity index (χ2n) is 4.21. The van der Waals surface area contributed by atoms with Crippen molar-refractivity contribution in [1.29, 1.82) is 0 Å². The Kier molecular flexibility index (Phi) is 5.09. The van der Waals surface area contributed by atoms with Crippen molar-refractivity contribution in [3.8, 4) is 0 Å². The quantitative estimate of drug-likeness (QED) is 0.779. The Labute approximate surface area is 101 Å². The number of aliphatic carboxylic acids is 1. The van der Waals surface area contributed by atoms with E-state index in [1.807, 2.05) is 25.7 Å². The van der Waals surface area contributed by atoms with Gasteiger partial charge in [0.2, 0.25) is 5.89 Å². The predicted octanol–water partition coefficient (Wildman–Crippen LogP) is 1.49. The molecular formula is C11H19N3O3. The highest BCUT2D eigenvalue weighted by atomic mass is 16.5. The van der Waals surface area contributed by atoms with Crippen LogP contribution in [0.15, 0.2) is 4.52 Å². The minimum Gasteiger partial charge on any atom is -0.481 e. The Morgan fingerprint density at radius 2 is 2.24 bits per heavy atom. The second kappa shape index (κ2) is 6.34. The summed E-state index contributed by atoms with van der Waals surface area (Å²) in [5.74, 6) is 0.675. The molecule has 6 nitrogen and oxygen atoms in total. The molecule has 17 heavy (non-hydrogen) atoms. The molecule has 1 aromatic heterocycles. The molecule has 0 atom stereocenters. The first-order valence-corrected chi connectivity index (χ1v) is 5.79. The Hall–Kier alpha value is -1.43. The molecule has 0 aromatic carbocycles. The van der Waals surface area contributed by atoms with Crippen LogP contribution in [0.5, 0.6) is 0 Å². The van der Waals surface area contributed by atoms with Gasteiger partial charge in [0, 0.05) is 12.5 Å². The highest BCUT2D eigenvalue weighted by molar-refractivity contribution is 5.66. The van der Waals surface area contributed by atoms with Crippen LogP contribution in [0.1, 0.15) is 44.8 Å². The van der Waals surface area contributed by atoms with Gasteiger partial charge in [0.1, 0.15) is 0 Å². The van der Waals surface area contributed by atoms with Crippen LogP contribution >= 0.6 is 0 Å². The SMILES string of the molecule is CCN(CCC(=O)O)Cc1nc(C(C)C)no1. The Balaban J connectivity index is 2.51. The molecule has 0 spiro atoms. The van der Waals surface area contributed by atoms with Crippen molar-refractivity contribution < 1.29 is 14.4 Å². The zero-order chi connectivity index (χ0) is 12.8. The molecule has 96 valence electrons. The lowest BCUT2D eigenvalue weighted by atomic mass is 10.2. The summed E-state index contributed by atoms with van der Waals surface area (Å²) in [6.45, 7) is 7.72. The lowest BCUT2D eigenvalue weighted by molar-refractivity contribution is -0.137. The lowest BCUT2D eigenvalue weighted by Crippen LogP contribution is -2.25. The van der Waals surface area contributed by atoms with Crippen molar-refractivity contribution in [2.24, 2.45) is 0 Å². The van der Waals surface area contributed by atoms with Crippen LogP contribution in [-0.2, 0) is 11.3 Å². The third-order valence-electron chi connectivity index (χ3n) is 2.45. The normalized spacial score (nSPS) is 11.4. The van der Waals surface area contributed by atoms with Gasteiger partial charge in [-0.05, 0) is 6.54 Å². The molecule has 0 aliphatic carbocycles. The van der Waals surface area contributed by atoms with Crippen LogP contribution < -0.4 is 0 Å². The summed E-state index contributed by atoms with van der Waals surface area (Å²) in [6, 6.07) is 0. The van der Waals surface area contributed by atoms with E-state index in [1.165, 1.54) is 0 Å². The summed E-state index contributed by atoms with van der Waals surface area (Å²) in [6.07, 6.45) is 0.124. The maximum atomic E-state index is 10.5. The van der Waals surface area contributed by atoms with E-state index in [0.29, 0.717) is 24.8 Å². The monoisotopic (exact) mass is 241 g/mol. The largest absolute Gasteiger partial charge is 0.481 e. The van der Waals surface area contributed by atoms with Gasteiger partial charge in [0.05, 0.1) is 13.0 Å². The summed E-state index contributed by atoms with van der Waals surface area (Å²) in [5.41, 5.74) is 0. The Morgan fingerprint density at radius 1 is 1.53 bits per heavy atom. The van der Waals surface area contributed by atoms with Gasteiger partial charge in [-0.3, -0.25) is 9.69 Å². The number of carbonyl (C=O) groups is 1. The fraction of sp³-hybridized carbons (Fsp3) is 0.727. The van der Waals surface area contributed by atoms with E-state index in [4.69, 9.17) is 9.63 Å². The fourth-order valence-corrected chi connectivity index (χ4v) is 1.36. The first-order chi connectivity index (χ1) is 8.02. The topological polar surface area (TPSA) is 79.5 Å². The van der Waals surface area contributed by atoms with Crippen molar-refractivity contribution >= 4 is 5.97 Å². The molecule has 0 fully saturated rings. The number of hydrogen-bond acceptors (Lipinski definition) is 5. The highest BCUT2D eigenvalue weighted by Crippen LogP contribution is 2.11. The number of hydrogen-bond donors (Lipinski definition) is 1. The number of carboxylic acids is 1. The van der Waals surface area contributed by atoms with Crippen molar-refractivity contribution in [3.05, 3.63) is 11.7 Å². The van der Waals surface area contributed by atoms with Crippen molar-refractivity contribution in [2.75, 3.05) is 13.1 Å². The molecule has 0 amide bonds. The van der Waals surface area contributed by atoms with E-state index in [1.54, 1.807) is 0 Å². The molecule has 0 saturated heterocycles. The first kappa shape index (κ1) is 13.6. The highest BCUT2D eigenvalue weighted by Gasteiger charge is 2.13. The summed E-state index contributed by atoms with van der Waals surface area (Å²) in [5, 5.41) is 12.5. The molecule has 0 aliphatic heterocycles. The maximum Gasteiger partial charge on any atom is 0.304 e. The van der Waals surface area contributed by atoms with E-state index in [-0.39, 0.29) is 12.3 Å². The molecule has 0 unspecified atom stereocenters. The average molecular weight is 241 g/mol. The fourth-order valence-electron chi connectivity index (χ4n) is 1.36. The van der Waals surface area contributed by atoms with Gasteiger partial charge in [-0.25, -0.2) is 0 Å². The van der Waals surface area contributed by atoms with Crippen molar-refractivity contribution in [1.82, 2.24) is 15.0 Å². The van der Waals surface area contributed by atoms with Gasteiger partial charge in [-0.15, -0.1) is 0 Å². The van der Waals surface area contributed by atoms with E-state index < -0.39 is 5.97 Å². The molecular weight excluding hydrogens is 222 g/mol. The minimum atomic E-state index is -0.795. The standard InChI is InChI=1S/C11H19N3O3/c1-4-14(6-5-10(15)16)7-9-12-11(8(2)3)13-17-9/h8H,4-7H2,1-3H3,(H,15,16). The van der Waals surface area contributed by atoms with E-state index in [0.717, 1.165) is 6.54 Å². The average Bonchev–Trinajstić information content (AvgIpc) is 2.72. The molecule has 1 rings (SSSR count). The Morgan fingerprint density at radius 3 is 2.71 bits per heavy atom. The van der Waals surface area contributed by atoms with Gasteiger partial charge in [-0.2, -0.15) is 4.98 Å². The Bertz CT molecular complexity index is 363. The number of aromatic nitrogens is 2. The van der Waals surface area contributed by atoms with Crippen LogP contribution in [0.2, 0.25) is 0 Å². The second-order valence-corrected chi connectivity index (χ2v) is 4.21. The minimum absolute atomic E-state index is 0.124. The van der Waals surface area contributed by atoms with Gasteiger partial charge in [-0.1, -0.05) is 25.9 Å². The van der Waals surface area contributed by atoms with Gasteiger partial charge < -0.3 is 9.63 Å². The van der Waals surface area contributed by atoms with E-state index >= 15 is 0 Å². The molecule has 0 radical (unpaired) electrons. The predicted molar refractivity (Wildman–Crippen MR) is 61.6 cm³/mol. The maximum absolute atomic E-state index is 10.5. The van der Waals surface area contributed by atoms with Crippen LogP contribution in [0.25, 0.3) is 0 Å². The molecule has 1 heterocycles. The van der Waals surface area contributed by atoms with Crippen molar-refractivity contribution in [2.45, 2.75) is 39.7 Å². The molecule has 0 bridgehead atoms. The van der Waals surface area contributed by atoms with E-state index in [9.17, 15) is 4.79 Å². The lowest BCUT2D eigenvalue weighted by Gasteiger charge is -2.16. The first-order valence-electron chi connectivity index (χ1n) is 5.79. The number of nitrogens with zero attached hydrogens (tertiary/aromatic N) is 3. The summed E-state index contributed by atoms with van der Waals surface area (Å²) in [7, 11) is 0. The van der Waals surface area contributed by atoms with Crippen LogP contribution in [0.4, 0.5) is 0 Å². The zero-order valence-corrected chi connectivity index (χ0v) is 10.5. The zero-order valence-electron chi connectivity index (χ0n) is 10.5. The van der Waals surface area contributed by atoms with Crippen LogP contribution in [0, 0.1) is 0 Å². The molecule has 6 heteroatoms. The smallest absolute Gasteiger partial charge is 0.304 e. The number of carboxylic acid groups (broad SMARTS) is 1. The number of rotatable bonds is 7. The van der Waals surface area contributed by atoms with Gasteiger partial charge in [0.15, 0.2) is 5.82 Å². The van der Waals surface area contributed by atoms with Gasteiger partial charge >= 0.3 is 5.97 Å². The van der Waals surface area contributed by atoms with E-state index in [2.05, 4.69) is 10.1 Å². The molecule has 0 saturated carbocycles. The molecule has 1 N–H and O–H groups in total. The molecule has 1 aromatic rings. The van der Waals surface area contributed by atoms with Crippen LogP contribution in [0.3, 0.4) is 0 Å². The third-order valence-corrected chi connectivity index (χ3v) is 2.45. The van der Waals surface area contributed by atoms with Crippen molar-refractivity contribution in [3.63, 3.8) is 0 Å². The van der Waals surface area contributed by atoms with Gasteiger partial charge in [0.25, 0.3) is 0 Å². The summed E-state index contributed by atoms with van der Waals surface area (Å²) >= 11 is 0. The van der Waals surface area contributed by atoms with Crippen LogP contribution in [-0.4, -0.2) is 39.2 Å². The summed E-state index contributed by atoms with van der Waals surface area (Å²) in [4.78, 5) is 16.7. The molecule has 0 aliphatic rings. The third kappa shape index (κ3) is 4.52. The summed E-state index contributed by atoms with van der Waals surface area (Å²) < 4.78 is 5.11.